The summed E-state index contributed by atoms with van der Waals surface area (Å²) < 4.78 is 7.80. The lowest BCUT2D eigenvalue weighted by atomic mass is 9.98. The molecule has 2 aromatic rings. The second-order valence-corrected chi connectivity index (χ2v) is 7.47. The number of rotatable bonds is 5. The van der Waals surface area contributed by atoms with Crippen molar-refractivity contribution < 1.29 is 4.74 Å². The fraction of sp³-hybridized carbons (Fsp3) is 0.571. The number of halogens is 1. The number of ether oxygens (including phenoxy) is 1. The molecule has 3 heterocycles. The highest BCUT2D eigenvalue weighted by molar-refractivity contribution is 5.85. The highest BCUT2D eigenvalue weighted by Crippen LogP contribution is 2.32. The summed E-state index contributed by atoms with van der Waals surface area (Å²) >= 11 is 0. The average molecular weight is 391 g/mol. The minimum Gasteiger partial charge on any atom is -0.379 e. The fourth-order valence-electron chi connectivity index (χ4n) is 4.29. The molecule has 0 radical (unpaired) electrons. The van der Waals surface area contributed by atoms with Gasteiger partial charge in [0.05, 0.1) is 31.4 Å². The molecule has 0 aliphatic carbocycles. The molecule has 0 saturated carbocycles. The van der Waals surface area contributed by atoms with Gasteiger partial charge < -0.3 is 14.2 Å². The van der Waals surface area contributed by atoms with Crippen LogP contribution in [0.5, 0.6) is 0 Å². The van der Waals surface area contributed by atoms with E-state index in [1.165, 1.54) is 41.9 Å². The second kappa shape index (κ2) is 9.09. The third-order valence-electron chi connectivity index (χ3n) is 5.74. The first-order valence-corrected chi connectivity index (χ1v) is 9.96. The van der Waals surface area contributed by atoms with Crippen molar-refractivity contribution in [3.05, 3.63) is 36.3 Å². The van der Waals surface area contributed by atoms with Crippen LogP contribution in [0, 0.1) is 0 Å². The van der Waals surface area contributed by atoms with Crippen LogP contribution < -0.4 is 4.90 Å². The van der Waals surface area contributed by atoms with Crippen molar-refractivity contribution in [2.45, 2.75) is 32.7 Å². The highest BCUT2D eigenvalue weighted by Gasteiger charge is 2.19. The number of anilines is 1. The van der Waals surface area contributed by atoms with E-state index >= 15 is 0 Å². The second-order valence-electron chi connectivity index (χ2n) is 7.47. The Morgan fingerprint density at radius 2 is 2.00 bits per heavy atom. The first-order valence-electron chi connectivity index (χ1n) is 9.96. The maximum atomic E-state index is 5.47. The number of aromatic nitrogens is 2. The summed E-state index contributed by atoms with van der Waals surface area (Å²) in [6.07, 6.45) is 6.42. The molecule has 1 fully saturated rings. The summed E-state index contributed by atoms with van der Waals surface area (Å²) in [7, 11) is 0. The standard InChI is InChI=1S/C21H30N4O.ClH/c1-3-24-8-4-5-18-13-19(6-7-20(18)24)21-14-22-16-25(21)17(2)15-23-9-11-26-12-10-23;/h6-7,13-14,16-17H,3-5,8-12,15H2,1-2H3;1H. The first-order chi connectivity index (χ1) is 12.8. The van der Waals surface area contributed by atoms with Gasteiger partial charge in [-0.05, 0) is 44.4 Å². The summed E-state index contributed by atoms with van der Waals surface area (Å²) in [5.41, 5.74) is 5.40. The third kappa shape index (κ3) is 4.31. The van der Waals surface area contributed by atoms with Gasteiger partial charge in [-0.1, -0.05) is 6.07 Å². The molecule has 27 heavy (non-hydrogen) atoms. The molecule has 2 aliphatic heterocycles. The molecule has 1 atom stereocenters. The van der Waals surface area contributed by atoms with Crippen LogP contribution in [0.4, 0.5) is 5.69 Å². The van der Waals surface area contributed by atoms with Crippen molar-refractivity contribution in [1.29, 1.82) is 0 Å². The molecule has 6 heteroatoms. The first kappa shape index (κ1) is 20.2. The van der Waals surface area contributed by atoms with Crippen LogP contribution in [-0.4, -0.2) is 60.4 Å². The molecule has 5 nitrogen and oxygen atoms in total. The molecule has 148 valence electrons. The van der Waals surface area contributed by atoms with E-state index in [1.54, 1.807) is 0 Å². The number of hydrogen-bond donors (Lipinski definition) is 0. The van der Waals surface area contributed by atoms with Crippen LogP contribution in [-0.2, 0) is 11.2 Å². The van der Waals surface area contributed by atoms with Crippen molar-refractivity contribution in [2.75, 3.05) is 50.8 Å². The summed E-state index contributed by atoms with van der Waals surface area (Å²) in [6, 6.07) is 7.35. The molecule has 1 unspecified atom stereocenters. The van der Waals surface area contributed by atoms with Crippen LogP contribution in [0.15, 0.2) is 30.7 Å². The van der Waals surface area contributed by atoms with E-state index < -0.39 is 0 Å². The van der Waals surface area contributed by atoms with Gasteiger partial charge >= 0.3 is 0 Å². The Labute approximate surface area is 168 Å². The summed E-state index contributed by atoms with van der Waals surface area (Å²) in [5, 5.41) is 0. The molecule has 1 aromatic carbocycles. The fourth-order valence-corrected chi connectivity index (χ4v) is 4.29. The van der Waals surface area contributed by atoms with E-state index in [-0.39, 0.29) is 12.4 Å². The highest BCUT2D eigenvalue weighted by atomic mass is 35.5. The number of nitrogens with zero attached hydrogens (tertiary/aromatic N) is 4. The Balaban J connectivity index is 0.00000210. The third-order valence-corrected chi connectivity index (χ3v) is 5.74. The minimum absolute atomic E-state index is 0. The molecule has 1 saturated heterocycles. The van der Waals surface area contributed by atoms with Crippen molar-refractivity contribution in [3.63, 3.8) is 0 Å². The Kier molecular flexibility index (Phi) is 6.79. The van der Waals surface area contributed by atoms with Gasteiger partial charge in [0, 0.05) is 50.0 Å². The van der Waals surface area contributed by atoms with E-state index in [1.807, 2.05) is 12.5 Å². The lowest BCUT2D eigenvalue weighted by molar-refractivity contribution is 0.0326. The van der Waals surface area contributed by atoms with E-state index in [9.17, 15) is 0 Å². The van der Waals surface area contributed by atoms with Crippen LogP contribution in [0.2, 0.25) is 0 Å². The van der Waals surface area contributed by atoms with Gasteiger partial charge in [0.1, 0.15) is 0 Å². The minimum atomic E-state index is 0. The van der Waals surface area contributed by atoms with E-state index in [2.05, 4.69) is 51.4 Å². The van der Waals surface area contributed by atoms with E-state index in [0.717, 1.165) is 39.4 Å². The predicted octanol–water partition coefficient (Wildman–Crippen LogP) is 3.64. The van der Waals surface area contributed by atoms with Gasteiger partial charge in [-0.15, -0.1) is 12.4 Å². The number of imidazole rings is 1. The zero-order valence-corrected chi connectivity index (χ0v) is 17.2. The Morgan fingerprint density at radius 3 is 2.78 bits per heavy atom. The quantitative estimate of drug-likeness (QED) is 0.780. The average Bonchev–Trinajstić information content (AvgIpc) is 3.18. The number of hydrogen-bond acceptors (Lipinski definition) is 4. The smallest absolute Gasteiger partial charge is 0.0953 e. The maximum absolute atomic E-state index is 5.47. The SMILES string of the molecule is CCN1CCCc2cc(-c3cncn3C(C)CN3CCOCC3)ccc21.Cl. The summed E-state index contributed by atoms with van der Waals surface area (Å²) in [5.74, 6) is 0. The van der Waals surface area contributed by atoms with Crippen molar-refractivity contribution in [2.24, 2.45) is 0 Å². The van der Waals surface area contributed by atoms with Gasteiger partial charge in [0.25, 0.3) is 0 Å². The topological polar surface area (TPSA) is 33.5 Å². The maximum Gasteiger partial charge on any atom is 0.0953 e. The zero-order valence-electron chi connectivity index (χ0n) is 16.4. The Bertz CT molecular complexity index is 742. The van der Waals surface area contributed by atoms with Crippen LogP contribution in [0.25, 0.3) is 11.3 Å². The molecular formula is C21H31ClN4O. The Morgan fingerprint density at radius 1 is 1.19 bits per heavy atom. The van der Waals surface area contributed by atoms with Crippen molar-refractivity contribution in [1.82, 2.24) is 14.5 Å². The normalized spacial score (nSPS) is 18.7. The van der Waals surface area contributed by atoms with Gasteiger partial charge in [-0.2, -0.15) is 0 Å². The summed E-state index contributed by atoms with van der Waals surface area (Å²) in [6.45, 7) is 11.6. The molecule has 0 amide bonds. The van der Waals surface area contributed by atoms with E-state index in [4.69, 9.17) is 4.74 Å². The largest absolute Gasteiger partial charge is 0.379 e. The lowest BCUT2D eigenvalue weighted by Crippen LogP contribution is -2.39. The monoisotopic (exact) mass is 390 g/mol. The molecule has 0 N–H and O–H groups in total. The van der Waals surface area contributed by atoms with Crippen molar-refractivity contribution in [3.8, 4) is 11.3 Å². The van der Waals surface area contributed by atoms with Crippen molar-refractivity contribution >= 4 is 18.1 Å². The number of fused-ring (bicyclic) bond motifs is 1. The van der Waals surface area contributed by atoms with Gasteiger partial charge in [0.2, 0.25) is 0 Å². The molecule has 0 spiro atoms. The summed E-state index contributed by atoms with van der Waals surface area (Å²) in [4.78, 5) is 9.44. The molecule has 1 aromatic heterocycles. The van der Waals surface area contributed by atoms with Gasteiger partial charge in [0.15, 0.2) is 0 Å². The predicted molar refractivity (Wildman–Crippen MR) is 113 cm³/mol. The van der Waals surface area contributed by atoms with Gasteiger partial charge in [-0.3, -0.25) is 4.90 Å². The van der Waals surface area contributed by atoms with Crippen LogP contribution >= 0.6 is 12.4 Å². The number of morpholine rings is 1. The van der Waals surface area contributed by atoms with E-state index in [0.29, 0.717) is 6.04 Å². The van der Waals surface area contributed by atoms with Crippen LogP contribution in [0.1, 0.15) is 31.9 Å². The molecule has 4 rings (SSSR count). The molecule has 2 aliphatic rings. The molecular weight excluding hydrogens is 360 g/mol. The van der Waals surface area contributed by atoms with Gasteiger partial charge in [-0.25, -0.2) is 4.98 Å². The van der Waals surface area contributed by atoms with Crippen LogP contribution in [0.3, 0.4) is 0 Å². The zero-order chi connectivity index (χ0) is 17.9. The lowest BCUT2D eigenvalue weighted by Gasteiger charge is -2.31. The molecule has 0 bridgehead atoms. The number of benzene rings is 1. The number of aryl methyl sites for hydroxylation is 1. The Hall–Kier alpha value is -1.56.